The van der Waals surface area contributed by atoms with Gasteiger partial charge in [-0.2, -0.15) is 18.3 Å². The summed E-state index contributed by atoms with van der Waals surface area (Å²) in [6.45, 7) is 3.06. The fraction of sp³-hybridized carbons (Fsp3) is 0.500. The number of aromatic nitrogens is 2. The summed E-state index contributed by atoms with van der Waals surface area (Å²) in [6.07, 6.45) is -1.96. The molecule has 0 radical (unpaired) electrons. The largest absolute Gasteiger partial charge is 0.410 e. The zero-order valence-corrected chi connectivity index (χ0v) is 16.7. The molecule has 3 heterocycles. The van der Waals surface area contributed by atoms with Crippen LogP contribution >= 0.6 is 11.6 Å². The van der Waals surface area contributed by atoms with Crippen molar-refractivity contribution in [1.82, 2.24) is 14.7 Å². The molecule has 9 heteroatoms. The average Bonchev–Trinajstić information content (AvgIpc) is 3.04. The molecule has 1 saturated heterocycles. The van der Waals surface area contributed by atoms with Crippen molar-refractivity contribution in [3.8, 4) is 0 Å². The highest BCUT2D eigenvalue weighted by Gasteiger charge is 2.48. The molecule has 156 valence electrons. The third-order valence-corrected chi connectivity index (χ3v) is 5.98. The van der Waals surface area contributed by atoms with Gasteiger partial charge < -0.3 is 10.2 Å². The van der Waals surface area contributed by atoms with E-state index in [9.17, 15) is 18.0 Å². The molecule has 0 saturated carbocycles. The Morgan fingerprint density at radius 3 is 2.45 bits per heavy atom. The third kappa shape index (κ3) is 3.82. The van der Waals surface area contributed by atoms with E-state index in [2.05, 4.69) is 10.4 Å². The van der Waals surface area contributed by atoms with Gasteiger partial charge in [-0.1, -0.05) is 41.4 Å². The van der Waals surface area contributed by atoms with Crippen LogP contribution in [-0.2, 0) is 0 Å². The SMILES string of the molecule is Cc1ccc([C@@H]2C[C@@H](C(F)(F)F)n3nc(C(=O)N4CCCCC4)c(Cl)c3N2)cc1. The molecule has 4 rings (SSSR count). The highest BCUT2D eigenvalue weighted by molar-refractivity contribution is 6.36. The molecule has 2 aliphatic rings. The Morgan fingerprint density at radius 2 is 1.83 bits per heavy atom. The normalized spacial score (nSPS) is 22.2. The number of rotatable bonds is 2. The highest BCUT2D eigenvalue weighted by Crippen LogP contribution is 2.46. The predicted molar refractivity (Wildman–Crippen MR) is 104 cm³/mol. The lowest BCUT2D eigenvalue weighted by atomic mass is 9.96. The Bertz CT molecular complexity index is 904. The molecule has 1 amide bonds. The molecule has 1 aromatic carbocycles. The van der Waals surface area contributed by atoms with Gasteiger partial charge in [0, 0.05) is 19.5 Å². The van der Waals surface area contributed by atoms with Gasteiger partial charge in [0.25, 0.3) is 5.91 Å². The summed E-state index contributed by atoms with van der Waals surface area (Å²) in [6, 6.07) is 4.89. The van der Waals surface area contributed by atoms with E-state index >= 15 is 0 Å². The molecule has 2 aliphatic heterocycles. The molecule has 2 aromatic rings. The number of carbonyl (C=O) groups excluding carboxylic acids is 1. The van der Waals surface area contributed by atoms with Crippen molar-refractivity contribution in [2.75, 3.05) is 18.4 Å². The number of fused-ring (bicyclic) bond motifs is 1. The maximum atomic E-state index is 13.8. The number of nitrogens with zero attached hydrogens (tertiary/aromatic N) is 3. The molecule has 0 aliphatic carbocycles. The van der Waals surface area contributed by atoms with E-state index in [1.54, 1.807) is 17.0 Å². The van der Waals surface area contributed by atoms with Crippen molar-refractivity contribution < 1.29 is 18.0 Å². The van der Waals surface area contributed by atoms with Gasteiger partial charge in [0.1, 0.15) is 10.8 Å². The quantitative estimate of drug-likeness (QED) is 0.724. The topological polar surface area (TPSA) is 50.2 Å². The summed E-state index contributed by atoms with van der Waals surface area (Å²) in [5.41, 5.74) is 1.64. The van der Waals surface area contributed by atoms with E-state index < -0.39 is 24.2 Å². The molecule has 29 heavy (non-hydrogen) atoms. The number of piperidine rings is 1. The third-order valence-electron chi connectivity index (χ3n) is 5.62. The number of nitrogens with one attached hydrogen (secondary N) is 1. The Hall–Kier alpha value is -2.22. The molecule has 2 atom stereocenters. The summed E-state index contributed by atoms with van der Waals surface area (Å²) in [5, 5.41) is 7.06. The van der Waals surface area contributed by atoms with E-state index in [4.69, 9.17) is 11.6 Å². The maximum absolute atomic E-state index is 13.8. The van der Waals surface area contributed by atoms with Gasteiger partial charge in [-0.05, 0) is 31.7 Å². The van der Waals surface area contributed by atoms with Crippen LogP contribution in [0.15, 0.2) is 24.3 Å². The Balaban J connectivity index is 1.71. The molecule has 1 N–H and O–H groups in total. The molecule has 0 bridgehead atoms. The second-order valence-corrected chi connectivity index (χ2v) is 8.09. The average molecular weight is 427 g/mol. The summed E-state index contributed by atoms with van der Waals surface area (Å²) in [4.78, 5) is 14.5. The lowest BCUT2D eigenvalue weighted by Crippen LogP contribution is -2.37. The second-order valence-electron chi connectivity index (χ2n) is 7.71. The maximum Gasteiger partial charge on any atom is 0.410 e. The summed E-state index contributed by atoms with van der Waals surface area (Å²) in [5.74, 6) is -0.364. The first-order chi connectivity index (χ1) is 13.8. The summed E-state index contributed by atoms with van der Waals surface area (Å²) >= 11 is 6.39. The highest BCUT2D eigenvalue weighted by atomic mass is 35.5. The number of likely N-dealkylation sites (tertiary alicyclic amines) is 1. The van der Waals surface area contributed by atoms with Crippen molar-refractivity contribution in [3.63, 3.8) is 0 Å². The fourth-order valence-electron chi connectivity index (χ4n) is 3.99. The Kier molecular flexibility index (Phi) is 5.23. The van der Waals surface area contributed by atoms with Crippen LogP contribution in [0.1, 0.15) is 59.4 Å². The van der Waals surface area contributed by atoms with Crippen LogP contribution in [0.25, 0.3) is 0 Å². The minimum absolute atomic E-state index is 0.0474. The monoisotopic (exact) mass is 426 g/mol. The molecule has 1 aromatic heterocycles. The standard InChI is InChI=1S/C20H22ClF3N4O/c1-12-5-7-13(8-6-12)14-11-15(20(22,23)24)28-18(25-14)16(21)17(26-28)19(29)27-9-3-2-4-10-27/h5-8,14-15,25H,2-4,9-11H2,1H3/t14-,15-/m0/s1. The number of carbonyl (C=O) groups is 1. The number of aryl methyl sites for hydroxylation is 1. The number of alkyl halides is 3. The summed E-state index contributed by atoms with van der Waals surface area (Å²) in [7, 11) is 0. The van der Waals surface area contributed by atoms with Gasteiger partial charge >= 0.3 is 6.18 Å². The number of amides is 1. The van der Waals surface area contributed by atoms with Crippen molar-refractivity contribution in [1.29, 1.82) is 0 Å². The van der Waals surface area contributed by atoms with Crippen molar-refractivity contribution >= 4 is 23.3 Å². The minimum Gasteiger partial charge on any atom is -0.362 e. The van der Waals surface area contributed by atoms with E-state index in [-0.39, 0.29) is 23.0 Å². The number of hydrogen-bond donors (Lipinski definition) is 1. The molecule has 5 nitrogen and oxygen atoms in total. The predicted octanol–water partition coefficient (Wildman–Crippen LogP) is 5.13. The lowest BCUT2D eigenvalue weighted by molar-refractivity contribution is -0.173. The van der Waals surface area contributed by atoms with Gasteiger partial charge in [-0.15, -0.1) is 0 Å². The molecule has 0 unspecified atom stereocenters. The van der Waals surface area contributed by atoms with Gasteiger partial charge in [0.15, 0.2) is 11.7 Å². The van der Waals surface area contributed by atoms with E-state index in [0.29, 0.717) is 13.1 Å². The second kappa shape index (κ2) is 7.55. The van der Waals surface area contributed by atoms with Crippen LogP contribution in [0.2, 0.25) is 5.02 Å². The first-order valence-corrected chi connectivity index (χ1v) is 10.1. The van der Waals surface area contributed by atoms with Crippen molar-refractivity contribution in [2.45, 2.75) is 50.9 Å². The van der Waals surface area contributed by atoms with Crippen LogP contribution in [0.5, 0.6) is 0 Å². The Labute approximate surface area is 171 Å². The van der Waals surface area contributed by atoms with E-state index in [1.807, 2.05) is 19.1 Å². The smallest absolute Gasteiger partial charge is 0.362 e. The van der Waals surface area contributed by atoms with Gasteiger partial charge in [0.2, 0.25) is 0 Å². The van der Waals surface area contributed by atoms with Crippen molar-refractivity contribution in [3.05, 3.63) is 46.1 Å². The molecular formula is C20H22ClF3N4O. The van der Waals surface area contributed by atoms with Crippen LogP contribution < -0.4 is 5.32 Å². The number of benzene rings is 1. The first-order valence-electron chi connectivity index (χ1n) is 9.73. The van der Waals surface area contributed by atoms with Crippen LogP contribution in [0.4, 0.5) is 19.0 Å². The molecule has 1 fully saturated rings. The number of halogens is 4. The van der Waals surface area contributed by atoms with Crippen LogP contribution in [-0.4, -0.2) is 39.9 Å². The van der Waals surface area contributed by atoms with Crippen LogP contribution in [0, 0.1) is 6.92 Å². The van der Waals surface area contributed by atoms with Crippen molar-refractivity contribution in [2.24, 2.45) is 0 Å². The van der Waals surface area contributed by atoms with Gasteiger partial charge in [0.05, 0.1) is 6.04 Å². The fourth-order valence-corrected chi connectivity index (χ4v) is 4.25. The minimum atomic E-state index is -4.51. The molecule has 0 spiro atoms. The number of hydrogen-bond acceptors (Lipinski definition) is 3. The molecular weight excluding hydrogens is 405 g/mol. The first kappa shape index (κ1) is 20.1. The number of anilines is 1. The summed E-state index contributed by atoms with van der Waals surface area (Å²) < 4.78 is 42.4. The lowest BCUT2D eigenvalue weighted by Gasteiger charge is -2.33. The van der Waals surface area contributed by atoms with Gasteiger partial charge in [-0.3, -0.25) is 4.79 Å². The van der Waals surface area contributed by atoms with Crippen LogP contribution in [0.3, 0.4) is 0 Å². The van der Waals surface area contributed by atoms with Gasteiger partial charge in [-0.25, -0.2) is 4.68 Å². The zero-order chi connectivity index (χ0) is 20.8. The van der Waals surface area contributed by atoms with E-state index in [0.717, 1.165) is 35.1 Å². The van der Waals surface area contributed by atoms with E-state index in [1.165, 1.54) is 0 Å². The zero-order valence-electron chi connectivity index (χ0n) is 16.0. The Morgan fingerprint density at radius 1 is 1.17 bits per heavy atom.